The molecule has 1 atom stereocenters. The molecule has 0 saturated carbocycles. The standard InChI is InChI=1S/C18H26BrN3O2/c1-18(2,3)24-17(23)22-13-7-9-14(22)8-6-12-21(4)16-15(19)10-5-11-20-16/h5-6,8,10-11,14H,7,9,12-13H2,1-4H3/b8-6+. The van der Waals surface area contributed by atoms with E-state index in [0.717, 1.165) is 36.2 Å². The quantitative estimate of drug-likeness (QED) is 0.715. The Bertz CT molecular complexity index is 598. The van der Waals surface area contributed by atoms with Crippen LogP contribution in [0.2, 0.25) is 0 Å². The number of carbonyl (C=O) groups excluding carboxylic acids is 1. The van der Waals surface area contributed by atoms with Gasteiger partial charge in [-0.15, -0.1) is 0 Å². The molecule has 1 aliphatic heterocycles. The Morgan fingerprint density at radius 3 is 2.96 bits per heavy atom. The topological polar surface area (TPSA) is 45.7 Å². The van der Waals surface area contributed by atoms with E-state index >= 15 is 0 Å². The summed E-state index contributed by atoms with van der Waals surface area (Å²) in [5.41, 5.74) is -0.459. The summed E-state index contributed by atoms with van der Waals surface area (Å²) >= 11 is 3.51. The van der Waals surface area contributed by atoms with E-state index in [1.54, 1.807) is 6.20 Å². The third kappa shape index (κ3) is 5.23. The van der Waals surface area contributed by atoms with Crippen molar-refractivity contribution in [3.8, 4) is 0 Å². The van der Waals surface area contributed by atoms with Gasteiger partial charge in [0.2, 0.25) is 0 Å². The van der Waals surface area contributed by atoms with Crippen LogP contribution < -0.4 is 4.90 Å². The van der Waals surface area contributed by atoms with Gasteiger partial charge in [-0.3, -0.25) is 0 Å². The predicted octanol–water partition coefficient (Wildman–Crippen LogP) is 4.24. The molecule has 1 aliphatic rings. The molecule has 1 fully saturated rings. The van der Waals surface area contributed by atoms with Crippen molar-refractivity contribution in [3.05, 3.63) is 35.0 Å². The van der Waals surface area contributed by atoms with E-state index in [-0.39, 0.29) is 12.1 Å². The lowest BCUT2D eigenvalue weighted by Gasteiger charge is -2.27. The average molecular weight is 396 g/mol. The van der Waals surface area contributed by atoms with Crippen molar-refractivity contribution < 1.29 is 9.53 Å². The minimum absolute atomic E-state index is 0.112. The molecule has 1 amide bonds. The molecule has 0 bridgehead atoms. The van der Waals surface area contributed by atoms with E-state index in [2.05, 4.69) is 38.0 Å². The fourth-order valence-electron chi connectivity index (χ4n) is 2.66. The molecule has 5 nitrogen and oxygen atoms in total. The Kier molecular flexibility index (Phi) is 6.27. The van der Waals surface area contributed by atoms with Crippen LogP contribution in [0.3, 0.4) is 0 Å². The molecule has 2 heterocycles. The largest absolute Gasteiger partial charge is 0.444 e. The van der Waals surface area contributed by atoms with Crippen molar-refractivity contribution in [2.75, 3.05) is 25.0 Å². The van der Waals surface area contributed by atoms with Gasteiger partial charge in [0.05, 0.1) is 10.5 Å². The molecule has 0 radical (unpaired) electrons. The lowest BCUT2D eigenvalue weighted by Crippen LogP contribution is -2.39. The summed E-state index contributed by atoms with van der Waals surface area (Å²) < 4.78 is 6.46. The first-order valence-corrected chi connectivity index (χ1v) is 9.05. The van der Waals surface area contributed by atoms with Crippen LogP contribution in [0, 0.1) is 0 Å². The van der Waals surface area contributed by atoms with E-state index in [9.17, 15) is 4.79 Å². The lowest BCUT2D eigenvalue weighted by atomic mass is 10.2. The van der Waals surface area contributed by atoms with E-state index in [4.69, 9.17) is 4.74 Å². The Morgan fingerprint density at radius 1 is 1.54 bits per heavy atom. The average Bonchev–Trinajstić information content (AvgIpc) is 2.94. The number of likely N-dealkylation sites (tertiary alicyclic amines) is 1. The minimum Gasteiger partial charge on any atom is -0.444 e. The first-order chi connectivity index (χ1) is 11.3. The van der Waals surface area contributed by atoms with Gasteiger partial charge in [-0.2, -0.15) is 0 Å². The molecular formula is C18H26BrN3O2. The van der Waals surface area contributed by atoms with Crippen LogP contribution in [-0.2, 0) is 4.74 Å². The zero-order valence-electron chi connectivity index (χ0n) is 14.8. The van der Waals surface area contributed by atoms with Gasteiger partial charge in [-0.1, -0.05) is 12.2 Å². The Labute approximate surface area is 152 Å². The summed E-state index contributed by atoms with van der Waals surface area (Å²) in [5, 5.41) is 0. The van der Waals surface area contributed by atoms with Crippen molar-refractivity contribution in [2.45, 2.75) is 45.3 Å². The van der Waals surface area contributed by atoms with E-state index in [1.807, 2.05) is 44.9 Å². The van der Waals surface area contributed by atoms with Crippen LogP contribution in [0.25, 0.3) is 0 Å². The van der Waals surface area contributed by atoms with Gasteiger partial charge >= 0.3 is 6.09 Å². The molecule has 1 unspecified atom stereocenters. The zero-order chi connectivity index (χ0) is 17.7. The SMILES string of the molecule is CN(C/C=C/C1CCCN1C(=O)OC(C)(C)C)c1ncccc1Br. The molecule has 0 aromatic carbocycles. The highest BCUT2D eigenvalue weighted by Gasteiger charge is 2.30. The van der Waals surface area contributed by atoms with Gasteiger partial charge in [0.15, 0.2) is 0 Å². The van der Waals surface area contributed by atoms with Crippen LogP contribution in [0.4, 0.5) is 10.6 Å². The molecule has 6 heteroatoms. The molecule has 0 spiro atoms. The summed E-state index contributed by atoms with van der Waals surface area (Å²) in [6.07, 6.45) is 7.73. The Morgan fingerprint density at radius 2 is 2.29 bits per heavy atom. The van der Waals surface area contributed by atoms with Crippen LogP contribution in [0.1, 0.15) is 33.6 Å². The highest BCUT2D eigenvalue weighted by Crippen LogP contribution is 2.23. The maximum absolute atomic E-state index is 12.3. The number of hydrogen-bond acceptors (Lipinski definition) is 4. The minimum atomic E-state index is -0.459. The van der Waals surface area contributed by atoms with Gasteiger partial charge in [0.25, 0.3) is 0 Å². The number of ether oxygens (including phenoxy) is 1. The molecule has 24 heavy (non-hydrogen) atoms. The lowest BCUT2D eigenvalue weighted by molar-refractivity contribution is 0.0256. The molecule has 2 rings (SSSR count). The molecule has 1 aromatic heterocycles. The molecule has 0 aliphatic carbocycles. The van der Waals surface area contributed by atoms with Crippen LogP contribution in [-0.4, -0.2) is 47.8 Å². The number of anilines is 1. The normalized spacial score (nSPS) is 18.2. The zero-order valence-corrected chi connectivity index (χ0v) is 16.4. The number of carbonyl (C=O) groups is 1. The smallest absolute Gasteiger partial charge is 0.410 e. The first-order valence-electron chi connectivity index (χ1n) is 8.26. The Hall–Kier alpha value is -1.56. The monoisotopic (exact) mass is 395 g/mol. The molecule has 0 N–H and O–H groups in total. The van der Waals surface area contributed by atoms with Crippen LogP contribution in [0.15, 0.2) is 35.0 Å². The van der Waals surface area contributed by atoms with Crippen molar-refractivity contribution in [1.29, 1.82) is 0 Å². The number of nitrogens with zero attached hydrogens (tertiary/aromatic N) is 3. The highest BCUT2D eigenvalue weighted by molar-refractivity contribution is 9.10. The van der Waals surface area contributed by atoms with Crippen LogP contribution >= 0.6 is 15.9 Å². The van der Waals surface area contributed by atoms with Crippen molar-refractivity contribution in [1.82, 2.24) is 9.88 Å². The van der Waals surface area contributed by atoms with E-state index in [1.165, 1.54) is 0 Å². The second-order valence-corrected chi connectivity index (χ2v) is 7.86. The summed E-state index contributed by atoms with van der Waals surface area (Å²) in [7, 11) is 2.00. The second-order valence-electron chi connectivity index (χ2n) is 7.00. The molecular weight excluding hydrogens is 370 g/mol. The van der Waals surface area contributed by atoms with E-state index in [0.29, 0.717) is 0 Å². The highest BCUT2D eigenvalue weighted by atomic mass is 79.9. The van der Waals surface area contributed by atoms with Gasteiger partial charge < -0.3 is 14.5 Å². The molecule has 1 aromatic rings. The van der Waals surface area contributed by atoms with Gasteiger partial charge in [-0.25, -0.2) is 9.78 Å². The number of likely N-dealkylation sites (N-methyl/N-ethyl adjacent to an activating group) is 1. The number of pyridine rings is 1. The summed E-state index contributed by atoms with van der Waals surface area (Å²) in [6.45, 7) is 7.17. The second kappa shape index (κ2) is 8.01. The number of amides is 1. The van der Waals surface area contributed by atoms with Gasteiger partial charge in [-0.05, 0) is 61.7 Å². The van der Waals surface area contributed by atoms with Crippen molar-refractivity contribution in [3.63, 3.8) is 0 Å². The van der Waals surface area contributed by atoms with Crippen molar-refractivity contribution in [2.24, 2.45) is 0 Å². The summed E-state index contributed by atoms with van der Waals surface area (Å²) in [4.78, 5) is 20.5. The fourth-order valence-corrected chi connectivity index (χ4v) is 3.22. The van der Waals surface area contributed by atoms with Crippen molar-refractivity contribution >= 4 is 27.8 Å². The van der Waals surface area contributed by atoms with Gasteiger partial charge in [0, 0.05) is 26.3 Å². The number of rotatable bonds is 4. The third-order valence-electron chi connectivity index (χ3n) is 3.77. The fraction of sp³-hybridized carbons (Fsp3) is 0.556. The number of halogens is 1. The number of hydrogen-bond donors (Lipinski definition) is 0. The Balaban J connectivity index is 1.93. The van der Waals surface area contributed by atoms with Gasteiger partial charge in [0.1, 0.15) is 11.4 Å². The molecule has 1 saturated heterocycles. The maximum Gasteiger partial charge on any atom is 0.410 e. The summed E-state index contributed by atoms with van der Waals surface area (Å²) in [5.74, 6) is 0.901. The predicted molar refractivity (Wildman–Crippen MR) is 100 cm³/mol. The molecule has 132 valence electrons. The first kappa shape index (κ1) is 18.8. The van der Waals surface area contributed by atoms with E-state index < -0.39 is 5.60 Å². The third-order valence-corrected chi connectivity index (χ3v) is 4.38. The number of aromatic nitrogens is 1. The van der Waals surface area contributed by atoms with Crippen LogP contribution in [0.5, 0.6) is 0 Å². The maximum atomic E-state index is 12.3. The summed E-state index contributed by atoms with van der Waals surface area (Å²) in [6, 6.07) is 3.98.